The van der Waals surface area contributed by atoms with E-state index in [0.29, 0.717) is 13.1 Å². The molecule has 2 rings (SSSR count). The number of hydrogen-bond donors (Lipinski definition) is 1. The normalized spacial score (nSPS) is 13.0. The number of aromatic nitrogens is 1. The fraction of sp³-hybridized carbons (Fsp3) is 0.565. The minimum Gasteiger partial charge on any atom is -0.375 e. The molecule has 1 aromatic carbocycles. The number of nitrogens with zero attached hydrogens (tertiary/aromatic N) is 4. The second-order valence-electron chi connectivity index (χ2n) is 7.36. The Morgan fingerprint density at radius 1 is 1.13 bits per heavy atom. The molecule has 0 radical (unpaired) electrons. The van der Waals surface area contributed by atoms with Crippen molar-refractivity contribution in [3.8, 4) is 0 Å². The molecule has 1 heterocycles. The van der Waals surface area contributed by atoms with Crippen LogP contribution in [0.3, 0.4) is 0 Å². The van der Waals surface area contributed by atoms with Crippen molar-refractivity contribution in [3.05, 3.63) is 51.5 Å². The third-order valence-electron chi connectivity index (χ3n) is 5.10. The molecule has 6 nitrogen and oxygen atoms in total. The first-order chi connectivity index (χ1) is 14.5. The van der Waals surface area contributed by atoms with E-state index in [9.17, 15) is 0 Å². The number of methoxy groups -OCH3 is 1. The van der Waals surface area contributed by atoms with Crippen LogP contribution in [0.2, 0.25) is 0 Å². The number of rotatable bonds is 11. The Labute approximate surface area is 186 Å². The van der Waals surface area contributed by atoms with Crippen LogP contribution in [0, 0.1) is 0 Å². The van der Waals surface area contributed by atoms with Gasteiger partial charge in [-0.1, -0.05) is 38.1 Å². The standard InChI is InChI=1S/C23H37N5OS/c1-7-24-23(27(5)16-21-17-30-22(26-21)18(4)29-6)25-14-19-10-12-20(13-11-19)15-28(8-2)9-3/h10-13,17-18H,7-9,14-16H2,1-6H3,(H,24,25). The molecule has 166 valence electrons. The van der Waals surface area contributed by atoms with Gasteiger partial charge in [-0.2, -0.15) is 0 Å². The van der Waals surface area contributed by atoms with Gasteiger partial charge in [-0.05, 0) is 38.1 Å². The lowest BCUT2D eigenvalue weighted by molar-refractivity contribution is 0.119. The minimum absolute atomic E-state index is 0.0284. The van der Waals surface area contributed by atoms with Crippen LogP contribution in [0.15, 0.2) is 34.6 Å². The smallest absolute Gasteiger partial charge is 0.194 e. The Kier molecular flexibility index (Phi) is 10.3. The van der Waals surface area contributed by atoms with Gasteiger partial charge < -0.3 is 15.0 Å². The lowest BCUT2D eigenvalue weighted by Crippen LogP contribution is -2.38. The maximum atomic E-state index is 5.37. The Hall–Kier alpha value is -1.96. The molecular formula is C23H37N5OS. The highest BCUT2D eigenvalue weighted by atomic mass is 32.1. The van der Waals surface area contributed by atoms with E-state index < -0.39 is 0 Å². The van der Waals surface area contributed by atoms with E-state index in [2.05, 4.69) is 65.5 Å². The maximum absolute atomic E-state index is 5.37. The van der Waals surface area contributed by atoms with Gasteiger partial charge in [-0.3, -0.25) is 4.90 Å². The molecule has 1 N–H and O–H groups in total. The molecule has 0 aliphatic heterocycles. The van der Waals surface area contributed by atoms with E-state index in [4.69, 9.17) is 14.7 Å². The highest BCUT2D eigenvalue weighted by Crippen LogP contribution is 2.21. The SMILES string of the molecule is CCNC(=NCc1ccc(CN(CC)CC)cc1)N(C)Cc1csc(C(C)OC)n1. The number of nitrogens with one attached hydrogen (secondary N) is 1. The number of thiazole rings is 1. The lowest BCUT2D eigenvalue weighted by atomic mass is 10.1. The maximum Gasteiger partial charge on any atom is 0.194 e. The average Bonchev–Trinajstić information content (AvgIpc) is 3.23. The van der Waals surface area contributed by atoms with Crippen LogP contribution in [0.1, 0.15) is 55.6 Å². The van der Waals surface area contributed by atoms with Gasteiger partial charge in [-0.15, -0.1) is 11.3 Å². The van der Waals surface area contributed by atoms with Gasteiger partial charge in [0.15, 0.2) is 5.96 Å². The summed E-state index contributed by atoms with van der Waals surface area (Å²) >= 11 is 1.64. The van der Waals surface area contributed by atoms with Crippen molar-refractivity contribution in [3.63, 3.8) is 0 Å². The first kappa shape index (κ1) is 24.3. The Morgan fingerprint density at radius 3 is 2.40 bits per heavy atom. The number of hydrogen-bond acceptors (Lipinski definition) is 5. The van der Waals surface area contributed by atoms with Gasteiger partial charge in [0.1, 0.15) is 11.1 Å². The zero-order chi connectivity index (χ0) is 21.9. The fourth-order valence-corrected chi connectivity index (χ4v) is 3.93. The molecule has 1 atom stereocenters. The molecule has 1 unspecified atom stereocenters. The van der Waals surface area contributed by atoms with Gasteiger partial charge in [0, 0.05) is 32.6 Å². The Bertz CT molecular complexity index is 770. The summed E-state index contributed by atoms with van der Waals surface area (Å²) in [5.74, 6) is 0.888. The third-order valence-corrected chi connectivity index (χ3v) is 6.16. The van der Waals surface area contributed by atoms with Crippen molar-refractivity contribution in [1.82, 2.24) is 20.1 Å². The number of aliphatic imine (C=N–C) groups is 1. The van der Waals surface area contributed by atoms with Crippen molar-refractivity contribution in [2.45, 2.75) is 53.4 Å². The zero-order valence-corrected chi connectivity index (χ0v) is 20.1. The minimum atomic E-state index is 0.0284. The first-order valence-corrected chi connectivity index (χ1v) is 11.6. The molecule has 0 aliphatic carbocycles. The van der Waals surface area contributed by atoms with Crippen LogP contribution in [0.25, 0.3) is 0 Å². The van der Waals surface area contributed by atoms with Gasteiger partial charge >= 0.3 is 0 Å². The molecule has 0 saturated heterocycles. The second kappa shape index (κ2) is 12.7. The van der Waals surface area contributed by atoms with Crippen molar-refractivity contribution in [1.29, 1.82) is 0 Å². The van der Waals surface area contributed by atoms with Gasteiger partial charge in [0.2, 0.25) is 0 Å². The largest absolute Gasteiger partial charge is 0.375 e. The van der Waals surface area contributed by atoms with Gasteiger partial charge in [-0.25, -0.2) is 9.98 Å². The third kappa shape index (κ3) is 7.38. The summed E-state index contributed by atoms with van der Waals surface area (Å²) in [5.41, 5.74) is 3.60. The molecular weight excluding hydrogens is 394 g/mol. The summed E-state index contributed by atoms with van der Waals surface area (Å²) in [6.07, 6.45) is 0.0284. The van der Waals surface area contributed by atoms with E-state index in [-0.39, 0.29) is 6.10 Å². The van der Waals surface area contributed by atoms with E-state index >= 15 is 0 Å². The number of ether oxygens (including phenoxy) is 1. The van der Waals surface area contributed by atoms with Crippen LogP contribution in [-0.2, 0) is 24.4 Å². The highest BCUT2D eigenvalue weighted by Gasteiger charge is 2.12. The topological polar surface area (TPSA) is 53.0 Å². The highest BCUT2D eigenvalue weighted by molar-refractivity contribution is 7.09. The molecule has 2 aromatic rings. The van der Waals surface area contributed by atoms with Crippen LogP contribution < -0.4 is 5.32 Å². The molecule has 0 aliphatic rings. The summed E-state index contributed by atoms with van der Waals surface area (Å²) in [5, 5.41) is 6.49. The van der Waals surface area contributed by atoms with Crippen LogP contribution in [-0.4, -0.2) is 54.5 Å². The molecule has 0 fully saturated rings. The van der Waals surface area contributed by atoms with Crippen molar-refractivity contribution >= 4 is 17.3 Å². The summed E-state index contributed by atoms with van der Waals surface area (Å²) in [7, 11) is 3.76. The van der Waals surface area contributed by atoms with E-state index in [1.807, 2.05) is 14.0 Å². The quantitative estimate of drug-likeness (QED) is 0.425. The Balaban J connectivity index is 2.00. The second-order valence-corrected chi connectivity index (χ2v) is 8.25. The van der Waals surface area contributed by atoms with Crippen LogP contribution in [0.5, 0.6) is 0 Å². The van der Waals surface area contributed by atoms with Crippen molar-refractivity contribution in [2.24, 2.45) is 4.99 Å². The summed E-state index contributed by atoms with van der Waals surface area (Å²) in [4.78, 5) is 14.1. The predicted octanol–water partition coefficient (Wildman–Crippen LogP) is 4.29. The molecule has 7 heteroatoms. The molecule has 0 amide bonds. The molecule has 30 heavy (non-hydrogen) atoms. The van der Waals surface area contributed by atoms with Crippen molar-refractivity contribution in [2.75, 3.05) is 33.8 Å². The predicted molar refractivity (Wildman–Crippen MR) is 127 cm³/mol. The average molecular weight is 432 g/mol. The number of guanidine groups is 1. The van der Waals surface area contributed by atoms with Gasteiger partial charge in [0.05, 0.1) is 18.8 Å². The molecule has 0 spiro atoms. The molecule has 0 saturated carbocycles. The summed E-state index contributed by atoms with van der Waals surface area (Å²) in [6.45, 7) is 13.9. The zero-order valence-electron chi connectivity index (χ0n) is 19.3. The van der Waals surface area contributed by atoms with Crippen LogP contribution in [0.4, 0.5) is 0 Å². The lowest BCUT2D eigenvalue weighted by Gasteiger charge is -2.21. The Morgan fingerprint density at radius 2 is 1.80 bits per heavy atom. The van der Waals surface area contributed by atoms with E-state index in [0.717, 1.165) is 42.8 Å². The number of benzene rings is 1. The summed E-state index contributed by atoms with van der Waals surface area (Å²) < 4.78 is 5.37. The van der Waals surface area contributed by atoms with Gasteiger partial charge in [0.25, 0.3) is 0 Å². The van der Waals surface area contributed by atoms with E-state index in [1.165, 1.54) is 11.1 Å². The fourth-order valence-electron chi connectivity index (χ4n) is 3.09. The van der Waals surface area contributed by atoms with E-state index in [1.54, 1.807) is 18.4 Å². The summed E-state index contributed by atoms with van der Waals surface area (Å²) in [6, 6.07) is 8.80. The molecule has 1 aromatic heterocycles. The van der Waals surface area contributed by atoms with Crippen LogP contribution >= 0.6 is 11.3 Å². The monoisotopic (exact) mass is 431 g/mol. The molecule has 0 bridgehead atoms. The van der Waals surface area contributed by atoms with Crippen molar-refractivity contribution < 1.29 is 4.74 Å². The first-order valence-electron chi connectivity index (χ1n) is 10.8.